The summed E-state index contributed by atoms with van der Waals surface area (Å²) in [5, 5.41) is 6.28. The van der Waals surface area contributed by atoms with Gasteiger partial charge in [-0.15, -0.1) is 11.3 Å². The number of nitrogens with zero attached hydrogens (tertiary/aromatic N) is 1. The maximum atomic E-state index is 13.5. The highest BCUT2D eigenvalue weighted by atomic mass is 32.1. The summed E-state index contributed by atoms with van der Waals surface area (Å²) >= 11 is 1.60. The van der Waals surface area contributed by atoms with Crippen LogP contribution in [0, 0.1) is 5.82 Å². The minimum atomic E-state index is -0.0785. The molecule has 4 heteroatoms. The van der Waals surface area contributed by atoms with Crippen LogP contribution in [0.1, 0.15) is 24.3 Å². The van der Waals surface area contributed by atoms with E-state index < -0.39 is 0 Å². The van der Waals surface area contributed by atoms with E-state index in [4.69, 9.17) is 0 Å². The molecule has 2 aromatic rings. The van der Waals surface area contributed by atoms with E-state index in [2.05, 4.69) is 10.3 Å². The molecule has 1 N–H and O–H groups in total. The lowest BCUT2D eigenvalue weighted by atomic mass is 9.76. The number of halogens is 1. The van der Waals surface area contributed by atoms with Gasteiger partial charge in [0, 0.05) is 17.6 Å². The Kier molecular flexibility index (Phi) is 2.81. The first-order valence-corrected chi connectivity index (χ1v) is 6.61. The van der Waals surface area contributed by atoms with Gasteiger partial charge in [-0.05, 0) is 30.4 Å². The Bertz CT molecular complexity index is 492. The van der Waals surface area contributed by atoms with Crippen molar-refractivity contribution in [2.75, 3.05) is 5.32 Å². The summed E-state index contributed by atoms with van der Waals surface area (Å²) in [6.07, 6.45) is 3.76. The maximum absolute atomic E-state index is 13.5. The highest BCUT2D eigenvalue weighted by molar-refractivity contribution is 7.13. The molecule has 1 aliphatic carbocycles. The number of anilines is 1. The second kappa shape index (κ2) is 4.45. The van der Waals surface area contributed by atoms with Crippen LogP contribution in [0.4, 0.5) is 9.52 Å². The van der Waals surface area contributed by atoms with Crippen LogP contribution in [-0.2, 0) is 0 Å². The van der Waals surface area contributed by atoms with Crippen molar-refractivity contribution in [3.63, 3.8) is 0 Å². The normalized spacial score (nSPS) is 23.1. The highest BCUT2D eigenvalue weighted by Crippen LogP contribution is 2.39. The summed E-state index contributed by atoms with van der Waals surface area (Å²) < 4.78 is 13.5. The van der Waals surface area contributed by atoms with Crippen molar-refractivity contribution in [2.45, 2.75) is 24.8 Å². The molecule has 0 atom stereocenters. The number of benzene rings is 1. The smallest absolute Gasteiger partial charge is 0.182 e. The zero-order valence-corrected chi connectivity index (χ0v) is 10.1. The number of nitrogens with one attached hydrogen (secondary N) is 1. The third-order valence-corrected chi connectivity index (χ3v) is 3.95. The van der Waals surface area contributed by atoms with Crippen LogP contribution in [0.25, 0.3) is 0 Å². The third kappa shape index (κ3) is 2.17. The van der Waals surface area contributed by atoms with Crippen LogP contribution in [0.3, 0.4) is 0 Å². The minimum Gasteiger partial charge on any atom is -0.359 e. The van der Waals surface area contributed by atoms with Crippen molar-refractivity contribution >= 4 is 16.5 Å². The molecular weight excluding hydrogens is 235 g/mol. The molecule has 17 heavy (non-hydrogen) atoms. The molecule has 0 aliphatic heterocycles. The average molecular weight is 248 g/mol. The lowest BCUT2D eigenvalue weighted by Gasteiger charge is -2.36. The fourth-order valence-electron chi connectivity index (χ4n) is 2.27. The summed E-state index contributed by atoms with van der Waals surface area (Å²) in [6, 6.07) is 7.50. The van der Waals surface area contributed by atoms with Gasteiger partial charge in [0.1, 0.15) is 5.82 Å². The molecule has 0 radical (unpaired) electrons. The Balaban J connectivity index is 1.60. The summed E-state index contributed by atoms with van der Waals surface area (Å²) in [5.74, 6) is 0.277. The summed E-state index contributed by atoms with van der Waals surface area (Å²) in [4.78, 5) is 4.19. The highest BCUT2D eigenvalue weighted by Gasteiger charge is 2.32. The van der Waals surface area contributed by atoms with E-state index in [1.807, 2.05) is 17.5 Å². The molecule has 1 aromatic heterocycles. The van der Waals surface area contributed by atoms with Gasteiger partial charge in [0.2, 0.25) is 0 Å². The molecule has 1 saturated carbocycles. The average Bonchev–Trinajstić information content (AvgIpc) is 2.77. The molecule has 1 heterocycles. The molecule has 0 saturated heterocycles. The summed E-state index contributed by atoms with van der Waals surface area (Å²) in [5.41, 5.74) is 0.852. The summed E-state index contributed by atoms with van der Waals surface area (Å²) in [7, 11) is 0. The molecule has 1 aromatic carbocycles. The van der Waals surface area contributed by atoms with Gasteiger partial charge in [-0.3, -0.25) is 0 Å². The Morgan fingerprint density at radius 1 is 1.29 bits per heavy atom. The number of hydrogen-bond donors (Lipinski definition) is 1. The molecule has 1 aliphatic rings. The topological polar surface area (TPSA) is 24.9 Å². The van der Waals surface area contributed by atoms with Crippen molar-refractivity contribution in [1.29, 1.82) is 0 Å². The predicted octanol–water partition coefficient (Wildman–Crippen LogP) is 3.64. The van der Waals surface area contributed by atoms with E-state index in [1.54, 1.807) is 23.6 Å². The largest absolute Gasteiger partial charge is 0.359 e. The monoisotopic (exact) mass is 248 g/mol. The third-order valence-electron chi connectivity index (χ3n) is 3.24. The van der Waals surface area contributed by atoms with Gasteiger partial charge in [0.05, 0.1) is 0 Å². The summed E-state index contributed by atoms with van der Waals surface area (Å²) in [6.45, 7) is 0. The molecule has 2 nitrogen and oxygen atoms in total. The van der Waals surface area contributed by atoms with Crippen LogP contribution in [0.2, 0.25) is 0 Å². The molecule has 0 amide bonds. The number of rotatable bonds is 3. The number of thiazole rings is 1. The Morgan fingerprint density at radius 2 is 2.12 bits per heavy atom. The van der Waals surface area contributed by atoms with Crippen LogP contribution in [-0.4, -0.2) is 11.0 Å². The van der Waals surface area contributed by atoms with Crippen LogP contribution in [0.15, 0.2) is 35.8 Å². The van der Waals surface area contributed by atoms with Crippen molar-refractivity contribution in [2.24, 2.45) is 0 Å². The minimum absolute atomic E-state index is 0.0785. The SMILES string of the molecule is Fc1ccccc1C1CC(Nc2nccs2)C1. The first kappa shape index (κ1) is 10.7. The standard InChI is InChI=1S/C13H13FN2S/c14-12-4-2-1-3-11(12)9-7-10(8-9)16-13-15-5-6-17-13/h1-6,9-10H,7-8H2,(H,15,16). The predicted molar refractivity (Wildman–Crippen MR) is 67.9 cm³/mol. The molecule has 3 rings (SSSR count). The second-order valence-electron chi connectivity index (χ2n) is 4.37. The van der Waals surface area contributed by atoms with Crippen molar-refractivity contribution in [1.82, 2.24) is 4.98 Å². The Labute approximate surface area is 104 Å². The van der Waals surface area contributed by atoms with Crippen LogP contribution in [0.5, 0.6) is 0 Å². The van der Waals surface area contributed by atoms with E-state index in [-0.39, 0.29) is 5.82 Å². The van der Waals surface area contributed by atoms with Gasteiger partial charge in [0.25, 0.3) is 0 Å². The van der Waals surface area contributed by atoms with Crippen LogP contribution < -0.4 is 5.32 Å². The van der Waals surface area contributed by atoms with Gasteiger partial charge in [-0.2, -0.15) is 0 Å². The van der Waals surface area contributed by atoms with E-state index in [0.29, 0.717) is 12.0 Å². The molecule has 0 spiro atoms. The van der Waals surface area contributed by atoms with Gasteiger partial charge < -0.3 is 5.32 Å². The van der Waals surface area contributed by atoms with Crippen molar-refractivity contribution in [3.8, 4) is 0 Å². The van der Waals surface area contributed by atoms with Crippen molar-refractivity contribution < 1.29 is 4.39 Å². The molecular formula is C13H13FN2S. The van der Waals surface area contributed by atoms with Gasteiger partial charge in [0.15, 0.2) is 5.13 Å². The zero-order chi connectivity index (χ0) is 11.7. The number of aromatic nitrogens is 1. The van der Waals surface area contributed by atoms with Gasteiger partial charge >= 0.3 is 0 Å². The zero-order valence-electron chi connectivity index (χ0n) is 9.27. The first-order valence-electron chi connectivity index (χ1n) is 5.73. The lowest BCUT2D eigenvalue weighted by Crippen LogP contribution is -2.34. The van der Waals surface area contributed by atoms with Gasteiger partial charge in [-0.1, -0.05) is 18.2 Å². The quantitative estimate of drug-likeness (QED) is 0.897. The number of hydrogen-bond acceptors (Lipinski definition) is 3. The second-order valence-corrected chi connectivity index (χ2v) is 5.26. The Morgan fingerprint density at radius 3 is 2.82 bits per heavy atom. The van der Waals surface area contributed by atoms with E-state index in [1.165, 1.54) is 6.07 Å². The lowest BCUT2D eigenvalue weighted by molar-refractivity contribution is 0.363. The fourth-order valence-corrected chi connectivity index (χ4v) is 2.87. The van der Waals surface area contributed by atoms with Crippen LogP contribution >= 0.6 is 11.3 Å². The first-order chi connectivity index (χ1) is 8.33. The van der Waals surface area contributed by atoms with E-state index >= 15 is 0 Å². The van der Waals surface area contributed by atoms with E-state index in [0.717, 1.165) is 23.5 Å². The fraction of sp³-hybridized carbons (Fsp3) is 0.308. The molecule has 0 bridgehead atoms. The maximum Gasteiger partial charge on any atom is 0.182 e. The molecule has 88 valence electrons. The Hall–Kier alpha value is -1.42. The molecule has 0 unspecified atom stereocenters. The van der Waals surface area contributed by atoms with Crippen molar-refractivity contribution in [3.05, 3.63) is 47.2 Å². The van der Waals surface area contributed by atoms with E-state index in [9.17, 15) is 4.39 Å². The molecule has 1 fully saturated rings. The van der Waals surface area contributed by atoms with Gasteiger partial charge in [-0.25, -0.2) is 9.37 Å².